The van der Waals surface area contributed by atoms with Crippen LogP contribution in [0.3, 0.4) is 0 Å². The van der Waals surface area contributed by atoms with E-state index in [2.05, 4.69) is 4.98 Å². The van der Waals surface area contributed by atoms with E-state index < -0.39 is 0 Å². The van der Waals surface area contributed by atoms with Crippen molar-refractivity contribution >= 4 is 22.1 Å². The molecular weight excluding hydrogens is 249 g/mol. The van der Waals surface area contributed by atoms with Crippen molar-refractivity contribution in [3.8, 4) is 10.6 Å². The monoisotopic (exact) mass is 259 g/mol. The standard InChI is InChI=1S/C14H10FNOS/c15-13-6-5-12(10-3-1-2-4-11(10)13)14-16-9(7-17)8-18-14/h1-6,8,17H,7H2. The molecule has 0 fully saturated rings. The molecule has 0 aliphatic heterocycles. The van der Waals surface area contributed by atoms with Crippen LogP contribution in [0.1, 0.15) is 5.69 Å². The molecule has 0 saturated carbocycles. The third-order valence-corrected chi connectivity index (χ3v) is 3.74. The number of thiazole rings is 1. The van der Waals surface area contributed by atoms with Crippen LogP contribution in [0.25, 0.3) is 21.3 Å². The molecule has 90 valence electrons. The summed E-state index contributed by atoms with van der Waals surface area (Å²) in [6.07, 6.45) is 0. The SMILES string of the molecule is OCc1csc(-c2ccc(F)c3ccccc23)n1. The van der Waals surface area contributed by atoms with Crippen LogP contribution in [0.2, 0.25) is 0 Å². The maximum absolute atomic E-state index is 13.7. The van der Waals surface area contributed by atoms with Crippen LogP contribution in [0.4, 0.5) is 4.39 Å². The van der Waals surface area contributed by atoms with E-state index in [0.717, 1.165) is 16.0 Å². The quantitative estimate of drug-likeness (QED) is 0.763. The summed E-state index contributed by atoms with van der Waals surface area (Å²) in [5.41, 5.74) is 1.54. The number of aliphatic hydroxyl groups is 1. The highest BCUT2D eigenvalue weighted by atomic mass is 32.1. The normalized spacial score (nSPS) is 11.0. The second-order valence-corrected chi connectivity index (χ2v) is 4.80. The van der Waals surface area contributed by atoms with Crippen molar-refractivity contribution in [2.45, 2.75) is 6.61 Å². The van der Waals surface area contributed by atoms with E-state index in [4.69, 9.17) is 5.11 Å². The highest BCUT2D eigenvalue weighted by molar-refractivity contribution is 7.13. The molecule has 0 radical (unpaired) electrons. The first-order valence-corrected chi connectivity index (χ1v) is 6.40. The fourth-order valence-electron chi connectivity index (χ4n) is 1.95. The number of hydrogen-bond acceptors (Lipinski definition) is 3. The summed E-state index contributed by atoms with van der Waals surface area (Å²) in [6, 6.07) is 10.5. The average Bonchev–Trinajstić information content (AvgIpc) is 2.88. The van der Waals surface area contributed by atoms with Gasteiger partial charge < -0.3 is 5.11 Å². The van der Waals surface area contributed by atoms with Gasteiger partial charge in [0.1, 0.15) is 10.8 Å². The second-order valence-electron chi connectivity index (χ2n) is 3.94. The van der Waals surface area contributed by atoms with Crippen LogP contribution in [-0.2, 0) is 6.61 Å². The van der Waals surface area contributed by atoms with E-state index >= 15 is 0 Å². The Kier molecular flexibility index (Phi) is 2.81. The zero-order chi connectivity index (χ0) is 12.5. The van der Waals surface area contributed by atoms with Crippen molar-refractivity contribution in [3.63, 3.8) is 0 Å². The lowest BCUT2D eigenvalue weighted by atomic mass is 10.0. The number of hydrogen-bond donors (Lipinski definition) is 1. The smallest absolute Gasteiger partial charge is 0.131 e. The number of rotatable bonds is 2. The first-order chi connectivity index (χ1) is 8.79. The van der Waals surface area contributed by atoms with Crippen LogP contribution in [-0.4, -0.2) is 10.1 Å². The maximum atomic E-state index is 13.7. The molecule has 0 unspecified atom stereocenters. The van der Waals surface area contributed by atoms with Crippen molar-refractivity contribution in [2.24, 2.45) is 0 Å². The van der Waals surface area contributed by atoms with Crippen LogP contribution < -0.4 is 0 Å². The summed E-state index contributed by atoms with van der Waals surface area (Å²) in [7, 11) is 0. The van der Waals surface area contributed by atoms with Crippen molar-refractivity contribution < 1.29 is 9.50 Å². The lowest BCUT2D eigenvalue weighted by Crippen LogP contribution is -1.86. The molecule has 3 aromatic rings. The van der Waals surface area contributed by atoms with Crippen molar-refractivity contribution in [2.75, 3.05) is 0 Å². The van der Waals surface area contributed by atoms with E-state index in [-0.39, 0.29) is 12.4 Å². The lowest BCUT2D eigenvalue weighted by molar-refractivity contribution is 0.278. The second kappa shape index (κ2) is 4.48. The maximum Gasteiger partial charge on any atom is 0.131 e. The Morgan fingerprint density at radius 2 is 1.89 bits per heavy atom. The number of benzene rings is 2. The Morgan fingerprint density at radius 3 is 2.61 bits per heavy atom. The van der Waals surface area contributed by atoms with Crippen LogP contribution in [0.15, 0.2) is 41.8 Å². The van der Waals surface area contributed by atoms with E-state index in [9.17, 15) is 4.39 Å². The molecule has 1 N–H and O–H groups in total. The van der Waals surface area contributed by atoms with Gasteiger partial charge in [-0.3, -0.25) is 0 Å². The first kappa shape index (κ1) is 11.3. The Bertz CT molecular complexity index is 708. The molecule has 0 aliphatic rings. The lowest BCUT2D eigenvalue weighted by Gasteiger charge is -2.04. The van der Waals surface area contributed by atoms with Gasteiger partial charge in [0.05, 0.1) is 12.3 Å². The molecule has 1 aromatic heterocycles. The molecular formula is C14H10FNOS. The molecule has 18 heavy (non-hydrogen) atoms. The van der Waals surface area contributed by atoms with Gasteiger partial charge in [0.2, 0.25) is 0 Å². The van der Waals surface area contributed by atoms with Crippen LogP contribution in [0, 0.1) is 5.82 Å². The van der Waals surface area contributed by atoms with Crippen molar-refractivity contribution in [1.29, 1.82) is 0 Å². The molecule has 0 atom stereocenters. The topological polar surface area (TPSA) is 33.1 Å². The summed E-state index contributed by atoms with van der Waals surface area (Å²) in [4.78, 5) is 4.32. The highest BCUT2D eigenvalue weighted by Crippen LogP contribution is 2.32. The molecule has 1 heterocycles. The Morgan fingerprint density at radius 1 is 1.11 bits per heavy atom. The zero-order valence-electron chi connectivity index (χ0n) is 9.43. The summed E-state index contributed by atoms with van der Waals surface area (Å²) in [6.45, 7) is -0.0738. The third kappa shape index (κ3) is 1.79. The average molecular weight is 259 g/mol. The molecule has 0 spiro atoms. The van der Waals surface area contributed by atoms with Gasteiger partial charge >= 0.3 is 0 Å². The van der Waals surface area contributed by atoms with Crippen molar-refractivity contribution in [3.05, 3.63) is 53.3 Å². The van der Waals surface area contributed by atoms with Crippen LogP contribution in [0.5, 0.6) is 0 Å². The number of halogens is 1. The number of nitrogens with zero attached hydrogens (tertiary/aromatic N) is 1. The minimum atomic E-state index is -0.228. The summed E-state index contributed by atoms with van der Waals surface area (Å²) in [5.74, 6) is -0.228. The van der Waals surface area contributed by atoms with E-state index in [1.807, 2.05) is 23.6 Å². The van der Waals surface area contributed by atoms with Gasteiger partial charge in [-0.1, -0.05) is 24.3 Å². The number of aliphatic hydroxyl groups excluding tert-OH is 1. The van der Waals surface area contributed by atoms with E-state index in [0.29, 0.717) is 11.1 Å². The molecule has 0 bridgehead atoms. The third-order valence-electron chi connectivity index (χ3n) is 2.82. The summed E-state index contributed by atoms with van der Waals surface area (Å²) >= 11 is 1.45. The predicted molar refractivity (Wildman–Crippen MR) is 70.9 cm³/mol. The van der Waals surface area contributed by atoms with Gasteiger partial charge in [0.25, 0.3) is 0 Å². The van der Waals surface area contributed by atoms with Gasteiger partial charge in [-0.25, -0.2) is 9.37 Å². The number of aromatic nitrogens is 1. The van der Waals surface area contributed by atoms with Gasteiger partial charge in [-0.15, -0.1) is 11.3 Å². The van der Waals surface area contributed by atoms with Gasteiger partial charge in [0.15, 0.2) is 0 Å². The predicted octanol–water partition coefficient (Wildman–Crippen LogP) is 3.59. The molecule has 4 heteroatoms. The van der Waals surface area contributed by atoms with E-state index in [1.165, 1.54) is 17.4 Å². The number of fused-ring (bicyclic) bond motifs is 1. The van der Waals surface area contributed by atoms with Gasteiger partial charge in [-0.2, -0.15) is 0 Å². The largest absolute Gasteiger partial charge is 0.390 e. The zero-order valence-corrected chi connectivity index (χ0v) is 10.2. The Balaban J connectivity index is 2.26. The molecule has 0 amide bonds. The molecule has 2 nitrogen and oxygen atoms in total. The molecule has 0 saturated heterocycles. The first-order valence-electron chi connectivity index (χ1n) is 5.52. The summed E-state index contributed by atoms with van der Waals surface area (Å²) < 4.78 is 13.7. The molecule has 2 aromatic carbocycles. The molecule has 3 rings (SSSR count). The minimum absolute atomic E-state index is 0.0738. The minimum Gasteiger partial charge on any atom is -0.390 e. The highest BCUT2D eigenvalue weighted by Gasteiger charge is 2.10. The van der Waals surface area contributed by atoms with Crippen molar-refractivity contribution in [1.82, 2.24) is 4.98 Å². The Hall–Kier alpha value is -1.78. The van der Waals surface area contributed by atoms with Crippen LogP contribution >= 0.6 is 11.3 Å². The van der Waals surface area contributed by atoms with Gasteiger partial charge in [-0.05, 0) is 17.5 Å². The molecule has 0 aliphatic carbocycles. The Labute approximate surface area is 107 Å². The van der Waals surface area contributed by atoms with E-state index in [1.54, 1.807) is 12.1 Å². The fraction of sp³-hybridized carbons (Fsp3) is 0.0714. The van der Waals surface area contributed by atoms with Gasteiger partial charge in [0, 0.05) is 16.3 Å². The fourth-order valence-corrected chi connectivity index (χ4v) is 2.80. The summed E-state index contributed by atoms with van der Waals surface area (Å²) in [5, 5.41) is 13.1.